The molecule has 0 aromatic heterocycles. The highest BCUT2D eigenvalue weighted by Crippen LogP contribution is 2.23. The molecule has 22 heavy (non-hydrogen) atoms. The van der Waals surface area contributed by atoms with Gasteiger partial charge in [0.2, 0.25) is 0 Å². The van der Waals surface area contributed by atoms with Crippen LogP contribution in [0, 0.1) is 5.92 Å². The first-order valence-corrected chi connectivity index (χ1v) is 7.56. The van der Waals surface area contributed by atoms with Gasteiger partial charge in [-0.1, -0.05) is 0 Å². The molecule has 0 aliphatic carbocycles. The number of halogens is 2. The maximum atomic E-state index is 12.2. The van der Waals surface area contributed by atoms with Gasteiger partial charge in [-0.25, -0.2) is 0 Å². The molecule has 0 bridgehead atoms. The molecule has 3 rings (SSSR count). The summed E-state index contributed by atoms with van der Waals surface area (Å²) in [7, 11) is 2.16. The third kappa shape index (κ3) is 4.51. The normalized spacial score (nSPS) is 17.7. The van der Waals surface area contributed by atoms with Gasteiger partial charge in [0, 0.05) is 24.3 Å². The molecule has 1 amide bonds. The van der Waals surface area contributed by atoms with E-state index in [2.05, 4.69) is 22.6 Å². The first-order chi connectivity index (χ1) is 9.72. The molecule has 0 saturated carbocycles. The SMILES string of the molecule is CN1CCC(CNC(=O)c2ccc3c(c2)CCN3)CC1.Cl.Cl. The van der Waals surface area contributed by atoms with Crippen LogP contribution >= 0.6 is 24.8 Å². The second kappa shape index (κ2) is 8.61. The standard InChI is InChI=1S/C16H23N3O.2ClH/c1-19-8-5-12(6-9-19)11-18-16(20)14-2-3-15-13(10-14)4-7-17-15;;/h2-3,10,12,17H,4-9,11H2,1H3,(H,18,20);2*1H. The number of piperidine rings is 1. The van der Waals surface area contributed by atoms with E-state index < -0.39 is 0 Å². The van der Waals surface area contributed by atoms with Crippen LogP contribution < -0.4 is 10.6 Å². The summed E-state index contributed by atoms with van der Waals surface area (Å²) >= 11 is 0. The second-order valence-electron chi connectivity index (χ2n) is 6.01. The van der Waals surface area contributed by atoms with Crippen molar-refractivity contribution in [2.75, 3.05) is 38.5 Å². The Morgan fingerprint density at radius 2 is 2.05 bits per heavy atom. The Balaban J connectivity index is 0.00000121. The zero-order valence-corrected chi connectivity index (χ0v) is 14.6. The molecule has 1 aromatic carbocycles. The van der Waals surface area contributed by atoms with Crippen LogP contribution in [-0.2, 0) is 6.42 Å². The summed E-state index contributed by atoms with van der Waals surface area (Å²) in [5.74, 6) is 0.699. The van der Waals surface area contributed by atoms with Gasteiger partial charge in [-0.3, -0.25) is 4.79 Å². The highest BCUT2D eigenvalue weighted by atomic mass is 35.5. The predicted molar refractivity (Wildman–Crippen MR) is 95.7 cm³/mol. The van der Waals surface area contributed by atoms with Gasteiger partial charge in [0.05, 0.1) is 0 Å². The van der Waals surface area contributed by atoms with E-state index >= 15 is 0 Å². The van der Waals surface area contributed by atoms with E-state index in [1.54, 1.807) is 0 Å². The smallest absolute Gasteiger partial charge is 0.251 e. The topological polar surface area (TPSA) is 44.4 Å². The van der Waals surface area contributed by atoms with Gasteiger partial charge in [0.1, 0.15) is 0 Å². The third-order valence-electron chi connectivity index (χ3n) is 4.47. The minimum Gasteiger partial charge on any atom is -0.384 e. The van der Waals surface area contributed by atoms with Crippen molar-refractivity contribution >= 4 is 36.4 Å². The fourth-order valence-electron chi connectivity index (χ4n) is 3.05. The van der Waals surface area contributed by atoms with E-state index in [9.17, 15) is 4.79 Å². The van der Waals surface area contributed by atoms with Gasteiger partial charge >= 0.3 is 0 Å². The average Bonchev–Trinajstić information content (AvgIpc) is 2.93. The van der Waals surface area contributed by atoms with Gasteiger partial charge < -0.3 is 15.5 Å². The predicted octanol–water partition coefficient (Wildman–Crippen LogP) is 2.57. The lowest BCUT2D eigenvalue weighted by atomic mass is 9.97. The third-order valence-corrected chi connectivity index (χ3v) is 4.47. The van der Waals surface area contributed by atoms with Crippen molar-refractivity contribution in [3.05, 3.63) is 29.3 Å². The zero-order chi connectivity index (χ0) is 13.9. The Labute approximate surface area is 144 Å². The number of hydrogen-bond donors (Lipinski definition) is 2. The van der Waals surface area contributed by atoms with Gasteiger partial charge in [0.15, 0.2) is 0 Å². The molecule has 2 heterocycles. The lowest BCUT2D eigenvalue weighted by Crippen LogP contribution is -2.36. The van der Waals surface area contributed by atoms with Crippen LogP contribution in [0.4, 0.5) is 5.69 Å². The van der Waals surface area contributed by atoms with Crippen LogP contribution in [0.5, 0.6) is 0 Å². The van der Waals surface area contributed by atoms with Crippen LogP contribution in [0.3, 0.4) is 0 Å². The van der Waals surface area contributed by atoms with E-state index in [0.29, 0.717) is 5.92 Å². The number of benzene rings is 1. The minimum absolute atomic E-state index is 0. The molecular formula is C16H25Cl2N3O. The molecule has 2 aliphatic heterocycles. The summed E-state index contributed by atoms with van der Waals surface area (Å²) < 4.78 is 0. The van der Waals surface area contributed by atoms with Crippen LogP contribution in [0.1, 0.15) is 28.8 Å². The van der Waals surface area contributed by atoms with Crippen LogP contribution in [0.25, 0.3) is 0 Å². The maximum absolute atomic E-state index is 12.2. The molecule has 6 heteroatoms. The molecule has 1 aromatic rings. The molecule has 1 saturated heterocycles. The van der Waals surface area contributed by atoms with Gasteiger partial charge in [-0.15, -0.1) is 24.8 Å². The number of carbonyl (C=O) groups excluding carboxylic acids is 1. The van der Waals surface area contributed by atoms with Crippen molar-refractivity contribution in [2.24, 2.45) is 5.92 Å². The lowest BCUT2D eigenvalue weighted by Gasteiger charge is -2.28. The van der Waals surface area contributed by atoms with E-state index in [0.717, 1.165) is 38.2 Å². The first kappa shape index (κ1) is 19.1. The fraction of sp³-hybridized carbons (Fsp3) is 0.562. The van der Waals surface area contributed by atoms with Crippen molar-refractivity contribution in [3.8, 4) is 0 Å². The summed E-state index contributed by atoms with van der Waals surface area (Å²) in [5.41, 5.74) is 3.23. The Bertz CT molecular complexity index is 502. The fourth-order valence-corrected chi connectivity index (χ4v) is 3.05. The summed E-state index contributed by atoms with van der Waals surface area (Å²) in [6, 6.07) is 5.97. The van der Waals surface area contributed by atoms with Crippen LogP contribution in [-0.4, -0.2) is 44.0 Å². The quantitative estimate of drug-likeness (QED) is 0.884. The Kier molecular flexibility index (Phi) is 7.46. The summed E-state index contributed by atoms with van der Waals surface area (Å²) in [5, 5.41) is 6.41. The molecule has 0 unspecified atom stereocenters. The summed E-state index contributed by atoms with van der Waals surface area (Å²) in [6.07, 6.45) is 3.39. The highest BCUT2D eigenvalue weighted by molar-refractivity contribution is 5.95. The summed E-state index contributed by atoms with van der Waals surface area (Å²) in [4.78, 5) is 14.6. The van der Waals surface area contributed by atoms with E-state index in [1.807, 2.05) is 18.2 Å². The summed E-state index contributed by atoms with van der Waals surface area (Å²) in [6.45, 7) is 4.08. The number of rotatable bonds is 3. The molecule has 1 fully saturated rings. The number of fused-ring (bicyclic) bond motifs is 1. The monoisotopic (exact) mass is 345 g/mol. The largest absolute Gasteiger partial charge is 0.384 e. The molecule has 2 N–H and O–H groups in total. The number of nitrogens with zero attached hydrogens (tertiary/aromatic N) is 1. The molecular weight excluding hydrogens is 321 g/mol. The van der Waals surface area contributed by atoms with Crippen molar-refractivity contribution in [2.45, 2.75) is 19.3 Å². The maximum Gasteiger partial charge on any atom is 0.251 e. The first-order valence-electron chi connectivity index (χ1n) is 7.56. The van der Waals surface area contributed by atoms with Crippen molar-refractivity contribution < 1.29 is 4.79 Å². The number of hydrogen-bond acceptors (Lipinski definition) is 3. The molecule has 0 radical (unpaired) electrons. The molecule has 4 nitrogen and oxygen atoms in total. The number of amides is 1. The molecule has 124 valence electrons. The molecule has 0 atom stereocenters. The van der Waals surface area contributed by atoms with Gasteiger partial charge in [0.25, 0.3) is 5.91 Å². The lowest BCUT2D eigenvalue weighted by molar-refractivity contribution is 0.0939. The Morgan fingerprint density at radius 3 is 2.77 bits per heavy atom. The molecule has 2 aliphatic rings. The number of nitrogens with one attached hydrogen (secondary N) is 2. The van der Waals surface area contributed by atoms with Crippen molar-refractivity contribution in [1.82, 2.24) is 10.2 Å². The number of anilines is 1. The van der Waals surface area contributed by atoms with E-state index in [4.69, 9.17) is 0 Å². The Hall–Kier alpha value is -0.970. The highest BCUT2D eigenvalue weighted by Gasteiger charge is 2.18. The van der Waals surface area contributed by atoms with Crippen molar-refractivity contribution in [3.63, 3.8) is 0 Å². The van der Waals surface area contributed by atoms with Gasteiger partial charge in [-0.05, 0) is 69.1 Å². The second-order valence-corrected chi connectivity index (χ2v) is 6.01. The average molecular weight is 346 g/mol. The molecule has 0 spiro atoms. The number of likely N-dealkylation sites (tertiary alicyclic amines) is 1. The van der Waals surface area contributed by atoms with E-state index in [1.165, 1.54) is 24.1 Å². The minimum atomic E-state index is 0. The van der Waals surface area contributed by atoms with Crippen LogP contribution in [0.15, 0.2) is 18.2 Å². The van der Waals surface area contributed by atoms with E-state index in [-0.39, 0.29) is 30.7 Å². The van der Waals surface area contributed by atoms with Crippen LogP contribution in [0.2, 0.25) is 0 Å². The Morgan fingerprint density at radius 1 is 1.32 bits per heavy atom. The zero-order valence-electron chi connectivity index (χ0n) is 12.9. The van der Waals surface area contributed by atoms with Crippen molar-refractivity contribution in [1.29, 1.82) is 0 Å². The number of carbonyl (C=O) groups is 1. The van der Waals surface area contributed by atoms with Gasteiger partial charge in [-0.2, -0.15) is 0 Å².